The monoisotopic (exact) mass is 280 g/mol. The van der Waals surface area contributed by atoms with E-state index in [0.717, 1.165) is 16.1 Å². The standard InChI is InChI=1S/C13H17FN4S/c1-13(2,3)12-11(19-18-17-12)10(16-15)8-4-6-9(14)7-5-8/h4-7,10,16H,15H2,1-3H3. The molecule has 0 fully saturated rings. The summed E-state index contributed by atoms with van der Waals surface area (Å²) in [4.78, 5) is 0.960. The SMILES string of the molecule is CC(C)(C)c1nnsc1C(NN)c1ccc(F)cc1. The maximum Gasteiger partial charge on any atom is 0.123 e. The van der Waals surface area contributed by atoms with Crippen molar-refractivity contribution in [3.05, 3.63) is 46.2 Å². The van der Waals surface area contributed by atoms with Crippen LogP contribution in [0.3, 0.4) is 0 Å². The molecule has 0 spiro atoms. The number of nitrogens with one attached hydrogen (secondary N) is 1. The van der Waals surface area contributed by atoms with Crippen LogP contribution >= 0.6 is 11.5 Å². The van der Waals surface area contributed by atoms with Crippen molar-refractivity contribution in [1.82, 2.24) is 15.0 Å². The Bertz CT molecular complexity index is 545. The molecule has 0 aliphatic rings. The third-order valence-electron chi connectivity index (χ3n) is 2.86. The van der Waals surface area contributed by atoms with Crippen LogP contribution in [-0.2, 0) is 5.41 Å². The topological polar surface area (TPSA) is 63.8 Å². The summed E-state index contributed by atoms with van der Waals surface area (Å²) in [7, 11) is 0. The van der Waals surface area contributed by atoms with Gasteiger partial charge in [-0.15, -0.1) is 5.10 Å². The molecule has 0 saturated heterocycles. The Labute approximate surface area is 116 Å². The Hall–Kier alpha value is -1.37. The van der Waals surface area contributed by atoms with Gasteiger partial charge >= 0.3 is 0 Å². The van der Waals surface area contributed by atoms with Crippen molar-refractivity contribution < 1.29 is 4.39 Å². The second-order valence-corrected chi connectivity index (χ2v) is 6.17. The normalized spacial score (nSPS) is 13.5. The molecule has 0 bridgehead atoms. The summed E-state index contributed by atoms with van der Waals surface area (Å²) in [6, 6.07) is 6.04. The van der Waals surface area contributed by atoms with Gasteiger partial charge in [0, 0.05) is 5.41 Å². The van der Waals surface area contributed by atoms with Gasteiger partial charge in [-0.2, -0.15) is 0 Å². The molecule has 1 atom stereocenters. The Kier molecular flexibility index (Phi) is 3.93. The van der Waals surface area contributed by atoms with Gasteiger partial charge in [0.15, 0.2) is 0 Å². The first kappa shape index (κ1) is 14.0. The van der Waals surface area contributed by atoms with E-state index in [0.29, 0.717) is 0 Å². The molecule has 1 heterocycles. The second-order valence-electron chi connectivity index (χ2n) is 5.39. The van der Waals surface area contributed by atoms with Gasteiger partial charge in [0.05, 0.1) is 16.6 Å². The molecular weight excluding hydrogens is 263 g/mol. The van der Waals surface area contributed by atoms with Gasteiger partial charge in [-0.3, -0.25) is 5.84 Å². The van der Waals surface area contributed by atoms with E-state index in [-0.39, 0.29) is 17.3 Å². The second kappa shape index (κ2) is 5.32. The molecule has 0 aliphatic carbocycles. The zero-order valence-corrected chi connectivity index (χ0v) is 12.0. The van der Waals surface area contributed by atoms with E-state index < -0.39 is 0 Å². The van der Waals surface area contributed by atoms with Gasteiger partial charge in [-0.25, -0.2) is 9.82 Å². The van der Waals surface area contributed by atoms with Crippen LogP contribution in [0.1, 0.15) is 42.9 Å². The highest BCUT2D eigenvalue weighted by molar-refractivity contribution is 7.05. The zero-order valence-electron chi connectivity index (χ0n) is 11.1. The highest BCUT2D eigenvalue weighted by Gasteiger charge is 2.27. The predicted molar refractivity (Wildman–Crippen MR) is 74.2 cm³/mol. The van der Waals surface area contributed by atoms with Gasteiger partial charge in [0.2, 0.25) is 0 Å². The molecule has 2 aromatic rings. The molecule has 6 heteroatoms. The molecule has 2 rings (SSSR count). The van der Waals surface area contributed by atoms with Crippen LogP contribution in [0.2, 0.25) is 0 Å². The van der Waals surface area contributed by atoms with E-state index >= 15 is 0 Å². The number of nitrogens with two attached hydrogens (primary N) is 1. The van der Waals surface area contributed by atoms with E-state index in [1.165, 1.54) is 23.7 Å². The highest BCUT2D eigenvalue weighted by Crippen LogP contribution is 2.33. The van der Waals surface area contributed by atoms with Crippen LogP contribution in [-0.4, -0.2) is 9.59 Å². The molecule has 0 amide bonds. The average Bonchev–Trinajstić information content (AvgIpc) is 2.81. The van der Waals surface area contributed by atoms with E-state index in [2.05, 4.69) is 35.8 Å². The van der Waals surface area contributed by atoms with E-state index in [4.69, 9.17) is 5.84 Å². The van der Waals surface area contributed by atoms with Crippen molar-refractivity contribution in [3.63, 3.8) is 0 Å². The summed E-state index contributed by atoms with van der Waals surface area (Å²) in [6.45, 7) is 6.22. The number of rotatable bonds is 3. The van der Waals surface area contributed by atoms with Crippen molar-refractivity contribution >= 4 is 11.5 Å². The molecule has 4 nitrogen and oxygen atoms in total. The highest BCUT2D eigenvalue weighted by atomic mass is 32.1. The predicted octanol–water partition coefficient (Wildman–Crippen LogP) is 2.53. The first-order chi connectivity index (χ1) is 8.93. The quantitative estimate of drug-likeness (QED) is 0.670. The summed E-state index contributed by atoms with van der Waals surface area (Å²) in [5.74, 6) is 5.39. The fourth-order valence-electron chi connectivity index (χ4n) is 1.89. The summed E-state index contributed by atoms with van der Waals surface area (Å²) in [5.41, 5.74) is 4.44. The van der Waals surface area contributed by atoms with E-state index in [1.807, 2.05) is 0 Å². The molecule has 0 aliphatic heterocycles. The number of halogens is 1. The zero-order chi connectivity index (χ0) is 14.0. The lowest BCUT2D eigenvalue weighted by atomic mass is 9.89. The molecular formula is C13H17FN4S. The summed E-state index contributed by atoms with van der Waals surface area (Å²) < 4.78 is 17.0. The Balaban J connectivity index is 2.43. The Morgan fingerprint density at radius 3 is 2.42 bits per heavy atom. The summed E-state index contributed by atoms with van der Waals surface area (Å²) in [6.07, 6.45) is 0. The van der Waals surface area contributed by atoms with E-state index in [9.17, 15) is 4.39 Å². The minimum absolute atomic E-state index is 0.114. The van der Waals surface area contributed by atoms with Crippen molar-refractivity contribution in [2.75, 3.05) is 0 Å². The summed E-state index contributed by atoms with van der Waals surface area (Å²) >= 11 is 1.31. The van der Waals surface area contributed by atoms with E-state index in [1.54, 1.807) is 12.1 Å². The number of benzene rings is 1. The van der Waals surface area contributed by atoms with Gasteiger partial charge in [-0.1, -0.05) is 37.4 Å². The Morgan fingerprint density at radius 1 is 1.26 bits per heavy atom. The number of nitrogens with zero attached hydrogens (tertiary/aromatic N) is 2. The van der Waals surface area contributed by atoms with Gasteiger partial charge in [-0.05, 0) is 29.2 Å². The van der Waals surface area contributed by atoms with Crippen LogP contribution in [0.4, 0.5) is 4.39 Å². The lowest BCUT2D eigenvalue weighted by Gasteiger charge is -2.21. The number of hydrogen-bond acceptors (Lipinski definition) is 5. The molecule has 102 valence electrons. The largest absolute Gasteiger partial charge is 0.271 e. The first-order valence-electron chi connectivity index (χ1n) is 5.98. The van der Waals surface area contributed by atoms with Crippen LogP contribution in [0.25, 0.3) is 0 Å². The Morgan fingerprint density at radius 2 is 1.89 bits per heavy atom. The number of hydrazine groups is 1. The molecule has 0 radical (unpaired) electrons. The average molecular weight is 280 g/mol. The van der Waals surface area contributed by atoms with Gasteiger partial charge < -0.3 is 0 Å². The molecule has 1 aromatic heterocycles. The minimum Gasteiger partial charge on any atom is -0.271 e. The maximum absolute atomic E-state index is 13.0. The summed E-state index contributed by atoms with van der Waals surface area (Å²) in [5, 5.41) is 4.20. The van der Waals surface area contributed by atoms with Crippen LogP contribution in [0.5, 0.6) is 0 Å². The van der Waals surface area contributed by atoms with Gasteiger partial charge in [0.25, 0.3) is 0 Å². The maximum atomic E-state index is 13.0. The number of aromatic nitrogens is 2. The lowest BCUT2D eigenvalue weighted by Crippen LogP contribution is -2.30. The number of hydrogen-bond donors (Lipinski definition) is 2. The van der Waals surface area contributed by atoms with Crippen molar-refractivity contribution in [3.8, 4) is 0 Å². The molecule has 1 unspecified atom stereocenters. The molecule has 1 aromatic carbocycles. The van der Waals surface area contributed by atoms with Crippen LogP contribution in [0, 0.1) is 5.82 Å². The first-order valence-corrected chi connectivity index (χ1v) is 6.75. The third kappa shape index (κ3) is 2.97. The smallest absolute Gasteiger partial charge is 0.123 e. The van der Waals surface area contributed by atoms with Crippen molar-refractivity contribution in [1.29, 1.82) is 0 Å². The van der Waals surface area contributed by atoms with Crippen molar-refractivity contribution in [2.24, 2.45) is 5.84 Å². The molecule has 0 saturated carbocycles. The minimum atomic E-state index is -0.266. The molecule has 19 heavy (non-hydrogen) atoms. The van der Waals surface area contributed by atoms with Gasteiger partial charge in [0.1, 0.15) is 5.82 Å². The van der Waals surface area contributed by atoms with Crippen LogP contribution < -0.4 is 11.3 Å². The fraction of sp³-hybridized carbons (Fsp3) is 0.385. The van der Waals surface area contributed by atoms with Crippen LogP contribution in [0.15, 0.2) is 24.3 Å². The lowest BCUT2D eigenvalue weighted by molar-refractivity contribution is 0.543. The third-order valence-corrected chi connectivity index (χ3v) is 3.65. The molecule has 3 N–H and O–H groups in total. The fourth-order valence-corrected chi connectivity index (χ4v) is 2.84. The van der Waals surface area contributed by atoms with Crippen molar-refractivity contribution in [2.45, 2.75) is 32.2 Å².